The Morgan fingerprint density at radius 1 is 1.03 bits per heavy atom. The molecule has 1 fully saturated rings. The van der Waals surface area contributed by atoms with Crippen LogP contribution in [-0.2, 0) is 4.79 Å². The number of urea groups is 1. The summed E-state index contributed by atoms with van der Waals surface area (Å²) in [4.78, 5) is 42.9. The summed E-state index contributed by atoms with van der Waals surface area (Å²) in [6, 6.07) is 13.5. The molecule has 0 bridgehead atoms. The second kappa shape index (κ2) is 9.51. The second-order valence-corrected chi connectivity index (χ2v) is 8.91. The molecule has 34 heavy (non-hydrogen) atoms. The number of nitrogens with zero attached hydrogens (tertiary/aromatic N) is 2. The Labute approximate surface area is 198 Å². The van der Waals surface area contributed by atoms with E-state index < -0.39 is 12.0 Å². The molecule has 3 N–H and O–H groups in total. The molecule has 1 atom stereocenters. The van der Waals surface area contributed by atoms with Crippen LogP contribution >= 0.6 is 0 Å². The molecule has 1 aliphatic rings. The van der Waals surface area contributed by atoms with Crippen LogP contribution in [0.15, 0.2) is 48.5 Å². The molecule has 3 aromatic rings. The number of nitrogens with one attached hydrogen (secondary N) is 2. The zero-order chi connectivity index (χ0) is 24.4. The third-order valence-electron chi connectivity index (χ3n) is 6.11. The van der Waals surface area contributed by atoms with E-state index in [2.05, 4.69) is 29.5 Å². The minimum absolute atomic E-state index is 0.0289. The van der Waals surface area contributed by atoms with Crippen molar-refractivity contribution >= 4 is 40.2 Å². The minimum Gasteiger partial charge on any atom is -0.477 e. The molecular weight excluding hydrogens is 432 g/mol. The largest absolute Gasteiger partial charge is 0.477 e. The van der Waals surface area contributed by atoms with Gasteiger partial charge in [0, 0.05) is 23.3 Å². The van der Waals surface area contributed by atoms with Gasteiger partial charge in [-0.15, -0.1) is 0 Å². The number of carboxylic acid groups (broad SMARTS) is 1. The SMILES string of the molecule is Cc1cc(NC(=O)[C@H]2CCCN2C(=O)Nc2ccc(C(C)C)cc2)cc2ccc(C(=O)O)nc12. The maximum absolute atomic E-state index is 13.1. The highest BCUT2D eigenvalue weighted by Gasteiger charge is 2.34. The van der Waals surface area contributed by atoms with Crippen molar-refractivity contribution in [2.45, 2.75) is 45.6 Å². The van der Waals surface area contributed by atoms with Gasteiger partial charge in [-0.2, -0.15) is 0 Å². The average Bonchev–Trinajstić information content (AvgIpc) is 3.29. The number of carboxylic acids is 1. The van der Waals surface area contributed by atoms with E-state index in [1.54, 1.807) is 23.1 Å². The van der Waals surface area contributed by atoms with Gasteiger partial charge in [0.2, 0.25) is 5.91 Å². The van der Waals surface area contributed by atoms with Crippen molar-refractivity contribution in [1.82, 2.24) is 9.88 Å². The van der Waals surface area contributed by atoms with Gasteiger partial charge in [-0.3, -0.25) is 4.79 Å². The molecule has 3 amide bonds. The van der Waals surface area contributed by atoms with Gasteiger partial charge >= 0.3 is 12.0 Å². The smallest absolute Gasteiger partial charge is 0.354 e. The predicted molar refractivity (Wildman–Crippen MR) is 131 cm³/mol. The van der Waals surface area contributed by atoms with Crippen LogP contribution in [0.3, 0.4) is 0 Å². The van der Waals surface area contributed by atoms with Gasteiger partial charge in [0.25, 0.3) is 0 Å². The number of aromatic carboxylic acids is 1. The van der Waals surface area contributed by atoms with E-state index in [4.69, 9.17) is 5.11 Å². The van der Waals surface area contributed by atoms with Crippen molar-refractivity contribution < 1.29 is 19.5 Å². The number of anilines is 2. The molecule has 0 saturated carbocycles. The lowest BCUT2D eigenvalue weighted by molar-refractivity contribution is -0.119. The topological polar surface area (TPSA) is 112 Å². The maximum Gasteiger partial charge on any atom is 0.354 e. The van der Waals surface area contributed by atoms with Crippen LogP contribution in [0.2, 0.25) is 0 Å². The van der Waals surface area contributed by atoms with Crippen molar-refractivity contribution in [1.29, 1.82) is 0 Å². The molecule has 176 valence electrons. The maximum atomic E-state index is 13.1. The van der Waals surface area contributed by atoms with Crippen LogP contribution in [0.5, 0.6) is 0 Å². The molecule has 1 saturated heterocycles. The summed E-state index contributed by atoms with van der Waals surface area (Å²) in [5, 5.41) is 15.7. The van der Waals surface area contributed by atoms with Crippen LogP contribution in [0.1, 0.15) is 54.2 Å². The van der Waals surface area contributed by atoms with Gasteiger partial charge in [-0.05, 0) is 67.1 Å². The van der Waals surface area contributed by atoms with Gasteiger partial charge in [0.05, 0.1) is 5.52 Å². The average molecular weight is 461 g/mol. The molecule has 2 heterocycles. The fourth-order valence-corrected chi connectivity index (χ4v) is 4.26. The van der Waals surface area contributed by atoms with E-state index in [-0.39, 0.29) is 17.6 Å². The Morgan fingerprint density at radius 3 is 2.44 bits per heavy atom. The van der Waals surface area contributed by atoms with Crippen LogP contribution in [0.4, 0.5) is 16.2 Å². The van der Waals surface area contributed by atoms with E-state index >= 15 is 0 Å². The zero-order valence-corrected chi connectivity index (χ0v) is 19.5. The molecule has 2 aromatic carbocycles. The van der Waals surface area contributed by atoms with E-state index in [9.17, 15) is 14.4 Å². The van der Waals surface area contributed by atoms with Gasteiger partial charge in [-0.25, -0.2) is 14.6 Å². The highest BCUT2D eigenvalue weighted by molar-refractivity contribution is 6.01. The standard InChI is InChI=1S/C26H28N4O4/c1-15(2)17-6-9-19(10-7-17)28-26(34)30-12-4-5-22(30)24(31)27-20-13-16(3)23-18(14-20)8-11-21(29-23)25(32)33/h6-11,13-15,22H,4-5,12H2,1-3H3,(H,27,31)(H,28,34)(H,32,33)/t22-/m1/s1. The summed E-state index contributed by atoms with van der Waals surface area (Å²) in [6.07, 6.45) is 1.33. The Kier molecular flexibility index (Phi) is 6.49. The number of hydrogen-bond acceptors (Lipinski definition) is 4. The van der Waals surface area contributed by atoms with Gasteiger partial charge < -0.3 is 20.6 Å². The number of hydrogen-bond donors (Lipinski definition) is 3. The second-order valence-electron chi connectivity index (χ2n) is 8.91. The lowest BCUT2D eigenvalue weighted by Crippen LogP contribution is -2.45. The van der Waals surface area contributed by atoms with E-state index in [1.807, 2.05) is 31.2 Å². The highest BCUT2D eigenvalue weighted by atomic mass is 16.4. The Morgan fingerprint density at radius 2 is 1.76 bits per heavy atom. The first-order chi connectivity index (χ1) is 16.2. The van der Waals surface area contributed by atoms with Crippen LogP contribution < -0.4 is 10.6 Å². The number of amides is 3. The first-order valence-electron chi connectivity index (χ1n) is 11.4. The third kappa shape index (κ3) is 4.85. The molecular formula is C26H28N4O4. The molecule has 0 aliphatic carbocycles. The number of pyridine rings is 1. The summed E-state index contributed by atoms with van der Waals surface area (Å²) >= 11 is 0. The van der Waals surface area contributed by atoms with E-state index in [0.717, 1.165) is 17.4 Å². The lowest BCUT2D eigenvalue weighted by Gasteiger charge is -2.24. The Balaban J connectivity index is 1.46. The van der Waals surface area contributed by atoms with E-state index in [1.165, 1.54) is 11.6 Å². The summed E-state index contributed by atoms with van der Waals surface area (Å²) in [6.45, 7) is 6.55. The molecule has 8 nitrogen and oxygen atoms in total. The van der Waals surface area contributed by atoms with Gasteiger partial charge in [0.1, 0.15) is 11.7 Å². The molecule has 4 rings (SSSR count). The summed E-state index contributed by atoms with van der Waals surface area (Å²) in [5.41, 5.74) is 3.76. The van der Waals surface area contributed by atoms with Crippen molar-refractivity contribution in [3.63, 3.8) is 0 Å². The Hall–Kier alpha value is -3.94. The number of likely N-dealkylation sites (tertiary alicyclic amines) is 1. The molecule has 0 unspecified atom stereocenters. The summed E-state index contributed by atoms with van der Waals surface area (Å²) < 4.78 is 0. The van der Waals surface area contributed by atoms with Crippen LogP contribution in [0, 0.1) is 6.92 Å². The number of fused-ring (bicyclic) bond motifs is 1. The predicted octanol–water partition coefficient (Wildman–Crippen LogP) is 5.00. The Bertz CT molecular complexity index is 1250. The van der Waals surface area contributed by atoms with Gasteiger partial charge in [0.15, 0.2) is 0 Å². The van der Waals surface area contributed by atoms with Crippen molar-refractivity contribution in [2.24, 2.45) is 0 Å². The van der Waals surface area contributed by atoms with Crippen LogP contribution in [-0.4, -0.2) is 45.5 Å². The highest BCUT2D eigenvalue weighted by Crippen LogP contribution is 2.25. The first kappa shape index (κ1) is 23.2. The monoisotopic (exact) mass is 460 g/mol. The van der Waals surface area contributed by atoms with Gasteiger partial charge in [-0.1, -0.05) is 32.0 Å². The zero-order valence-electron chi connectivity index (χ0n) is 19.5. The lowest BCUT2D eigenvalue weighted by atomic mass is 10.0. The normalized spacial score (nSPS) is 15.5. The van der Waals surface area contributed by atoms with E-state index in [0.29, 0.717) is 35.8 Å². The fraction of sp³-hybridized carbons (Fsp3) is 0.308. The van der Waals surface area contributed by atoms with Crippen molar-refractivity contribution in [3.8, 4) is 0 Å². The first-order valence-corrected chi connectivity index (χ1v) is 11.4. The number of aromatic nitrogens is 1. The van der Waals surface area contributed by atoms with Crippen molar-refractivity contribution in [3.05, 3.63) is 65.4 Å². The van der Waals surface area contributed by atoms with Crippen molar-refractivity contribution in [2.75, 3.05) is 17.2 Å². The molecule has 1 aromatic heterocycles. The number of carbonyl (C=O) groups is 3. The molecule has 1 aliphatic heterocycles. The quantitative estimate of drug-likeness (QED) is 0.496. The molecule has 8 heteroatoms. The molecule has 0 spiro atoms. The molecule has 0 radical (unpaired) electrons. The number of benzene rings is 2. The minimum atomic E-state index is -1.09. The number of rotatable bonds is 5. The fourth-order valence-electron chi connectivity index (χ4n) is 4.26. The third-order valence-corrected chi connectivity index (χ3v) is 6.11. The number of aryl methyl sites for hydroxylation is 1. The summed E-state index contributed by atoms with van der Waals surface area (Å²) in [5.74, 6) is -0.934. The number of carbonyl (C=O) groups excluding carboxylic acids is 2. The van der Waals surface area contributed by atoms with Crippen LogP contribution in [0.25, 0.3) is 10.9 Å². The summed E-state index contributed by atoms with van der Waals surface area (Å²) in [7, 11) is 0.